The average Bonchev–Trinajstić information content (AvgIpc) is 2.15. The fourth-order valence-electron chi connectivity index (χ4n) is 0.963. The summed E-state index contributed by atoms with van der Waals surface area (Å²) >= 11 is 5.56. The molecule has 15 heavy (non-hydrogen) atoms. The average molecular weight is 241 g/mol. The van der Waals surface area contributed by atoms with Gasteiger partial charge >= 0.3 is 6.18 Å². The van der Waals surface area contributed by atoms with Crippen molar-refractivity contribution < 1.29 is 18.3 Å². The summed E-state index contributed by atoms with van der Waals surface area (Å²) in [7, 11) is 0. The van der Waals surface area contributed by atoms with Crippen molar-refractivity contribution in [3.05, 3.63) is 28.5 Å². The first-order valence-corrected chi connectivity index (χ1v) is 4.33. The second kappa shape index (κ2) is 4.34. The first-order valence-electron chi connectivity index (χ1n) is 3.95. The van der Waals surface area contributed by atoms with Crippen molar-refractivity contribution in [3.8, 4) is 0 Å². The van der Waals surface area contributed by atoms with Crippen LogP contribution in [0.1, 0.15) is 17.3 Å². The molecule has 0 saturated heterocycles. The number of rotatable bonds is 2. The number of alkyl halides is 3. The summed E-state index contributed by atoms with van der Waals surface area (Å²) in [6.45, 7) is -0.432. The summed E-state index contributed by atoms with van der Waals surface area (Å²) in [5, 5.41) is 8.49. The van der Waals surface area contributed by atoms with E-state index in [0.717, 1.165) is 6.07 Å². The van der Waals surface area contributed by atoms with E-state index in [4.69, 9.17) is 22.4 Å². The zero-order chi connectivity index (χ0) is 11.6. The van der Waals surface area contributed by atoms with Crippen LogP contribution in [0.2, 0.25) is 5.02 Å². The minimum Gasteiger partial charge on any atom is -0.394 e. The summed E-state index contributed by atoms with van der Waals surface area (Å²) in [6, 6.07) is -0.140. The van der Waals surface area contributed by atoms with Gasteiger partial charge in [0.2, 0.25) is 0 Å². The first-order chi connectivity index (χ1) is 6.86. The number of nitrogens with zero attached hydrogens (tertiary/aromatic N) is 1. The molecule has 0 spiro atoms. The summed E-state index contributed by atoms with van der Waals surface area (Å²) in [5.41, 5.74) is 4.48. The number of hydrogen-bond donors (Lipinski definition) is 2. The number of hydrogen-bond acceptors (Lipinski definition) is 3. The third kappa shape index (κ3) is 2.80. The molecule has 0 amide bonds. The largest absolute Gasteiger partial charge is 0.417 e. The number of halogens is 4. The van der Waals surface area contributed by atoms with Gasteiger partial charge in [0.05, 0.1) is 28.9 Å². The molecule has 1 rings (SSSR count). The van der Waals surface area contributed by atoms with Gasteiger partial charge in [0.15, 0.2) is 0 Å². The Kier molecular flexibility index (Phi) is 3.54. The monoisotopic (exact) mass is 240 g/mol. The number of pyridine rings is 1. The molecule has 7 heteroatoms. The van der Waals surface area contributed by atoms with Crippen LogP contribution in [-0.2, 0) is 6.18 Å². The minimum atomic E-state index is -4.49. The molecule has 0 aliphatic carbocycles. The van der Waals surface area contributed by atoms with Crippen LogP contribution in [-0.4, -0.2) is 16.7 Å². The molecule has 1 heterocycles. The van der Waals surface area contributed by atoms with E-state index in [9.17, 15) is 13.2 Å². The van der Waals surface area contributed by atoms with Crippen LogP contribution in [0.25, 0.3) is 0 Å². The second-order valence-corrected chi connectivity index (χ2v) is 3.29. The minimum absolute atomic E-state index is 0.0483. The molecule has 0 radical (unpaired) electrons. The molecule has 1 unspecified atom stereocenters. The van der Waals surface area contributed by atoms with Crippen molar-refractivity contribution in [2.45, 2.75) is 12.2 Å². The maximum absolute atomic E-state index is 12.2. The van der Waals surface area contributed by atoms with E-state index in [1.165, 1.54) is 0 Å². The van der Waals surface area contributed by atoms with Gasteiger partial charge in [-0.2, -0.15) is 13.2 Å². The SMILES string of the molecule is NC(CO)c1ncc(C(F)(F)F)cc1Cl. The molecule has 1 aromatic rings. The highest BCUT2D eigenvalue weighted by Crippen LogP contribution is 2.31. The van der Waals surface area contributed by atoms with Crippen LogP contribution in [0.4, 0.5) is 13.2 Å². The van der Waals surface area contributed by atoms with E-state index in [-0.39, 0.29) is 10.7 Å². The van der Waals surface area contributed by atoms with E-state index in [1.807, 2.05) is 0 Å². The molecule has 3 nitrogen and oxygen atoms in total. The Morgan fingerprint density at radius 3 is 2.53 bits per heavy atom. The van der Waals surface area contributed by atoms with Crippen molar-refractivity contribution in [1.29, 1.82) is 0 Å². The van der Waals surface area contributed by atoms with Crippen molar-refractivity contribution in [2.75, 3.05) is 6.61 Å². The zero-order valence-electron chi connectivity index (χ0n) is 7.42. The Balaban J connectivity index is 3.09. The molecule has 0 bridgehead atoms. The van der Waals surface area contributed by atoms with Gasteiger partial charge < -0.3 is 10.8 Å². The Hall–Kier alpha value is -0.850. The van der Waals surface area contributed by atoms with Gasteiger partial charge in [-0.25, -0.2) is 0 Å². The number of aliphatic hydroxyl groups is 1. The Morgan fingerprint density at radius 1 is 1.53 bits per heavy atom. The maximum atomic E-state index is 12.2. The van der Waals surface area contributed by atoms with Gasteiger partial charge in [-0.3, -0.25) is 4.98 Å². The van der Waals surface area contributed by atoms with E-state index in [2.05, 4.69) is 4.98 Å². The van der Waals surface area contributed by atoms with Gasteiger partial charge in [-0.05, 0) is 6.07 Å². The number of aromatic nitrogens is 1. The predicted octanol–water partition coefficient (Wildman–Crippen LogP) is 1.75. The van der Waals surface area contributed by atoms with Gasteiger partial charge in [0, 0.05) is 6.20 Å². The fraction of sp³-hybridized carbons (Fsp3) is 0.375. The lowest BCUT2D eigenvalue weighted by atomic mass is 10.2. The van der Waals surface area contributed by atoms with Crippen molar-refractivity contribution in [2.24, 2.45) is 5.73 Å². The van der Waals surface area contributed by atoms with Gasteiger partial charge in [0.1, 0.15) is 0 Å². The maximum Gasteiger partial charge on any atom is 0.417 e. The molecule has 0 aliphatic rings. The van der Waals surface area contributed by atoms with Crippen LogP contribution in [0.15, 0.2) is 12.3 Å². The molecule has 0 fully saturated rings. The van der Waals surface area contributed by atoms with Crippen LogP contribution >= 0.6 is 11.6 Å². The molecule has 84 valence electrons. The summed E-state index contributed by atoms with van der Waals surface area (Å²) in [5.74, 6) is 0. The molecular weight excluding hydrogens is 233 g/mol. The van der Waals surface area contributed by atoms with Gasteiger partial charge in [0.25, 0.3) is 0 Å². The third-order valence-electron chi connectivity index (χ3n) is 1.74. The van der Waals surface area contributed by atoms with Crippen molar-refractivity contribution >= 4 is 11.6 Å². The van der Waals surface area contributed by atoms with E-state index < -0.39 is 24.4 Å². The second-order valence-electron chi connectivity index (χ2n) is 2.88. The molecular formula is C8H8ClF3N2O. The smallest absolute Gasteiger partial charge is 0.394 e. The van der Waals surface area contributed by atoms with Gasteiger partial charge in [-0.15, -0.1) is 0 Å². The van der Waals surface area contributed by atoms with Crippen LogP contribution in [0.5, 0.6) is 0 Å². The highest BCUT2D eigenvalue weighted by atomic mass is 35.5. The molecule has 0 saturated carbocycles. The Morgan fingerprint density at radius 2 is 2.13 bits per heavy atom. The summed E-state index contributed by atoms with van der Waals surface area (Å²) in [6.07, 6.45) is -3.85. The first kappa shape index (κ1) is 12.2. The quantitative estimate of drug-likeness (QED) is 0.828. The number of aliphatic hydroxyl groups excluding tert-OH is 1. The molecule has 0 aromatic carbocycles. The molecule has 1 atom stereocenters. The van der Waals surface area contributed by atoms with Crippen molar-refractivity contribution in [3.63, 3.8) is 0 Å². The van der Waals surface area contributed by atoms with E-state index in [0.29, 0.717) is 6.20 Å². The zero-order valence-corrected chi connectivity index (χ0v) is 8.18. The van der Waals surface area contributed by atoms with Crippen LogP contribution in [0, 0.1) is 0 Å². The Labute approximate surface area is 88.7 Å². The molecule has 1 aromatic heterocycles. The molecule has 0 aliphatic heterocycles. The highest BCUT2D eigenvalue weighted by Gasteiger charge is 2.31. The normalized spacial score (nSPS) is 14.0. The summed E-state index contributed by atoms with van der Waals surface area (Å²) < 4.78 is 36.6. The van der Waals surface area contributed by atoms with E-state index in [1.54, 1.807) is 0 Å². The van der Waals surface area contributed by atoms with Crippen molar-refractivity contribution in [1.82, 2.24) is 4.98 Å². The fourth-order valence-corrected chi connectivity index (χ4v) is 1.27. The van der Waals surface area contributed by atoms with Crippen LogP contribution < -0.4 is 5.73 Å². The Bertz CT molecular complexity index is 356. The topological polar surface area (TPSA) is 59.1 Å². The lowest BCUT2D eigenvalue weighted by molar-refractivity contribution is -0.137. The third-order valence-corrected chi connectivity index (χ3v) is 2.05. The highest BCUT2D eigenvalue weighted by molar-refractivity contribution is 6.31. The number of nitrogens with two attached hydrogens (primary N) is 1. The standard InChI is InChI=1S/C8H8ClF3N2O/c9-5-1-4(8(10,11)12)2-14-7(5)6(13)3-15/h1-2,6,15H,3,13H2. The summed E-state index contributed by atoms with van der Waals surface area (Å²) in [4.78, 5) is 3.48. The lowest BCUT2D eigenvalue weighted by Gasteiger charge is -2.12. The lowest BCUT2D eigenvalue weighted by Crippen LogP contribution is -2.17. The predicted molar refractivity (Wildman–Crippen MR) is 48.3 cm³/mol. The van der Waals surface area contributed by atoms with E-state index >= 15 is 0 Å². The van der Waals surface area contributed by atoms with Gasteiger partial charge in [-0.1, -0.05) is 11.6 Å². The molecule has 3 N–H and O–H groups in total. The van der Waals surface area contributed by atoms with Crippen LogP contribution in [0.3, 0.4) is 0 Å².